The molecule has 1 aliphatic heterocycles. The Hall–Kier alpha value is -0.581. The number of hydrogen-bond acceptors (Lipinski definition) is 6. The van der Waals surface area contributed by atoms with Crippen molar-refractivity contribution in [3.8, 4) is 0 Å². The third-order valence-corrected chi connectivity index (χ3v) is 10.6. The third-order valence-electron chi connectivity index (χ3n) is 5.14. The molecule has 1 heterocycles. The maximum absolute atomic E-state index is 13.8. The molecule has 0 radical (unpaired) electrons. The van der Waals surface area contributed by atoms with E-state index in [1.54, 1.807) is 13.8 Å². The van der Waals surface area contributed by atoms with Gasteiger partial charge in [0.1, 0.15) is 0 Å². The van der Waals surface area contributed by atoms with Crippen LogP contribution >= 0.6 is 13.8 Å². The van der Waals surface area contributed by atoms with E-state index in [1.807, 2.05) is 61.5 Å². The summed E-state index contributed by atoms with van der Waals surface area (Å²) in [4.78, 5) is 0. The average molecular weight is 545 g/mol. The molecular formula is C23H32O6P2Se. The molecule has 32 heavy (non-hydrogen) atoms. The molecule has 1 unspecified atom stereocenters. The van der Waals surface area contributed by atoms with Gasteiger partial charge in [0, 0.05) is 0 Å². The van der Waals surface area contributed by atoms with Gasteiger partial charge in [0.25, 0.3) is 0 Å². The summed E-state index contributed by atoms with van der Waals surface area (Å²) in [5.74, 6) is -0.991. The molecule has 0 bridgehead atoms. The van der Waals surface area contributed by atoms with Gasteiger partial charge in [-0.25, -0.2) is 0 Å². The van der Waals surface area contributed by atoms with Crippen molar-refractivity contribution < 1.29 is 27.2 Å². The molecule has 3 rings (SSSR count). The summed E-state index contributed by atoms with van der Waals surface area (Å²) >= 11 is 3.01. The van der Waals surface area contributed by atoms with Crippen LogP contribution in [0, 0.1) is 12.3 Å². The predicted octanol–water partition coefficient (Wildman–Crippen LogP) is 6.94. The minimum atomic E-state index is -3.67. The molecule has 0 spiro atoms. The summed E-state index contributed by atoms with van der Waals surface area (Å²) in [6, 6.07) is 17.6. The molecule has 2 aromatic carbocycles. The van der Waals surface area contributed by atoms with Crippen LogP contribution in [-0.4, -0.2) is 34.9 Å². The van der Waals surface area contributed by atoms with E-state index >= 15 is 0 Å². The van der Waals surface area contributed by atoms with Crippen LogP contribution in [0.5, 0.6) is 0 Å². The Balaban J connectivity index is 1.98. The molecule has 0 aliphatic carbocycles. The molecular weight excluding hydrogens is 513 g/mol. The van der Waals surface area contributed by atoms with Crippen LogP contribution < -0.4 is 0 Å². The maximum atomic E-state index is 13.8. The van der Waals surface area contributed by atoms with Crippen LogP contribution in [0.4, 0.5) is 0 Å². The van der Waals surface area contributed by atoms with Crippen LogP contribution in [0.15, 0.2) is 54.6 Å². The monoisotopic (exact) mass is 546 g/mol. The van der Waals surface area contributed by atoms with E-state index in [4.69, 9.17) is 22.6 Å². The second-order valence-electron chi connectivity index (χ2n) is 8.35. The molecule has 0 N–H and O–H groups in total. The first-order valence-electron chi connectivity index (χ1n) is 10.7. The molecule has 6 nitrogen and oxygen atoms in total. The second-order valence-corrected chi connectivity index (χ2v) is 14.8. The van der Waals surface area contributed by atoms with Gasteiger partial charge >= 0.3 is 199 Å². The molecule has 9 heteroatoms. The number of rotatable bonds is 9. The van der Waals surface area contributed by atoms with Gasteiger partial charge < -0.3 is 0 Å². The van der Waals surface area contributed by atoms with E-state index in [0.29, 0.717) is 12.2 Å². The minimum absolute atomic E-state index is 0.225. The standard InChI is InChI=1S/C23H32O6P2Se/c1-6-25-30(24,26-7-2)22(20-15-13-18(3)14-16-20)29-31(32)27-17-23(4,5)21(28-31)19-11-9-8-10-12-19/h8-16,21-22H,6-7,17H2,1-5H3/t21-,22?,31+/m0/s1. The normalized spacial score (nSPS) is 24.2. The number of benzene rings is 2. The Morgan fingerprint density at radius 1 is 1.09 bits per heavy atom. The molecule has 176 valence electrons. The van der Waals surface area contributed by atoms with Crippen LogP contribution in [-0.2, 0) is 27.2 Å². The summed E-state index contributed by atoms with van der Waals surface area (Å²) in [5.41, 5.74) is 2.53. The quantitative estimate of drug-likeness (QED) is 0.251. The zero-order valence-corrected chi connectivity index (χ0v) is 22.7. The van der Waals surface area contributed by atoms with Gasteiger partial charge in [-0.15, -0.1) is 0 Å². The Bertz CT molecular complexity index is 970. The van der Waals surface area contributed by atoms with E-state index in [9.17, 15) is 4.57 Å². The van der Waals surface area contributed by atoms with Crippen molar-refractivity contribution in [3.63, 3.8) is 0 Å². The molecule has 3 atom stereocenters. The summed E-state index contributed by atoms with van der Waals surface area (Å²) in [7, 11) is -3.67. The molecule has 2 aromatic rings. The van der Waals surface area contributed by atoms with E-state index in [-0.39, 0.29) is 24.7 Å². The van der Waals surface area contributed by atoms with Crippen molar-refractivity contribution in [2.24, 2.45) is 5.41 Å². The summed E-state index contributed by atoms with van der Waals surface area (Å²) < 4.78 is 44.2. The Kier molecular flexibility index (Phi) is 8.77. The first-order valence-corrected chi connectivity index (χ1v) is 16.1. The molecule has 0 aromatic heterocycles. The van der Waals surface area contributed by atoms with E-state index in [1.165, 1.54) is 0 Å². The molecule has 1 fully saturated rings. The van der Waals surface area contributed by atoms with Gasteiger partial charge in [0.05, 0.1) is 0 Å². The van der Waals surface area contributed by atoms with Crippen LogP contribution in [0.2, 0.25) is 0 Å². The number of aryl methyl sites for hydroxylation is 1. The fourth-order valence-corrected chi connectivity index (χ4v) is 9.48. The van der Waals surface area contributed by atoms with Gasteiger partial charge in [0.15, 0.2) is 0 Å². The van der Waals surface area contributed by atoms with Gasteiger partial charge in [-0.2, -0.15) is 0 Å². The van der Waals surface area contributed by atoms with E-state index in [0.717, 1.165) is 11.1 Å². The Morgan fingerprint density at radius 3 is 2.25 bits per heavy atom. The van der Waals surface area contributed by atoms with E-state index < -0.39 is 19.6 Å². The zero-order valence-electron chi connectivity index (χ0n) is 19.2. The molecule has 0 amide bonds. The Morgan fingerprint density at radius 2 is 1.69 bits per heavy atom. The third kappa shape index (κ3) is 6.10. The topological polar surface area (TPSA) is 63.2 Å². The van der Waals surface area contributed by atoms with Gasteiger partial charge in [-0.05, 0) is 0 Å². The first kappa shape index (κ1) is 26.0. The van der Waals surface area contributed by atoms with Gasteiger partial charge in [0.2, 0.25) is 0 Å². The van der Waals surface area contributed by atoms with Crippen molar-refractivity contribution >= 4 is 28.9 Å². The predicted molar refractivity (Wildman–Crippen MR) is 129 cm³/mol. The van der Waals surface area contributed by atoms with Crippen molar-refractivity contribution in [3.05, 3.63) is 71.3 Å². The van der Waals surface area contributed by atoms with Crippen molar-refractivity contribution in [2.75, 3.05) is 19.8 Å². The zero-order chi connectivity index (χ0) is 23.4. The SMILES string of the molecule is CCOP(=O)(OCC)C(O[P@@]1(=[Se])OCC(C)(C)[C@H](c2ccccc2)O1)c1ccc(C)cc1. The van der Waals surface area contributed by atoms with Gasteiger partial charge in [-0.3, -0.25) is 0 Å². The van der Waals surface area contributed by atoms with Crippen molar-refractivity contribution in [2.45, 2.75) is 46.6 Å². The number of hydrogen-bond donors (Lipinski definition) is 0. The Labute approximate surface area is 198 Å². The fourth-order valence-electron chi connectivity index (χ4n) is 3.51. The van der Waals surface area contributed by atoms with Crippen molar-refractivity contribution in [1.29, 1.82) is 0 Å². The van der Waals surface area contributed by atoms with Crippen LogP contribution in [0.1, 0.15) is 56.3 Å². The average Bonchev–Trinajstić information content (AvgIpc) is 2.76. The van der Waals surface area contributed by atoms with Gasteiger partial charge in [-0.1, -0.05) is 0 Å². The summed E-state index contributed by atoms with van der Waals surface area (Å²) in [6.45, 7) is 10.6. The molecule has 1 aliphatic rings. The fraction of sp³-hybridized carbons (Fsp3) is 0.478. The van der Waals surface area contributed by atoms with Crippen LogP contribution in [0.3, 0.4) is 0 Å². The second kappa shape index (κ2) is 10.8. The van der Waals surface area contributed by atoms with E-state index in [2.05, 4.69) is 28.9 Å². The van der Waals surface area contributed by atoms with Crippen molar-refractivity contribution in [1.82, 2.24) is 0 Å². The molecule has 0 saturated carbocycles. The first-order chi connectivity index (χ1) is 15.1. The van der Waals surface area contributed by atoms with Crippen LogP contribution in [0.25, 0.3) is 0 Å². The summed E-state index contributed by atoms with van der Waals surface area (Å²) in [5, 5.41) is 0. The summed E-state index contributed by atoms with van der Waals surface area (Å²) in [6.07, 6.45) is -3.26. The molecule has 1 saturated heterocycles.